The predicted octanol–water partition coefficient (Wildman–Crippen LogP) is 5.02. The van der Waals surface area contributed by atoms with Crippen LogP contribution in [-0.2, 0) is 0 Å². The van der Waals surface area contributed by atoms with Crippen LogP contribution >= 0.6 is 0 Å². The van der Waals surface area contributed by atoms with Crippen LogP contribution < -0.4 is 4.90 Å². The van der Waals surface area contributed by atoms with Gasteiger partial charge in [0.15, 0.2) is 5.82 Å². The number of rotatable bonds is 3. The fourth-order valence-electron chi connectivity index (χ4n) is 4.37. The SMILES string of the molecule is Cc1nc(-c2ccccn2)nc(N2CCC(c3c[nH]c4ccccc34)CC2)c1C. The van der Waals surface area contributed by atoms with Gasteiger partial charge in [-0.2, -0.15) is 0 Å². The number of aromatic amines is 1. The highest BCUT2D eigenvalue weighted by molar-refractivity contribution is 5.83. The number of hydrogen-bond acceptors (Lipinski definition) is 4. The van der Waals surface area contributed by atoms with E-state index >= 15 is 0 Å². The lowest BCUT2D eigenvalue weighted by Crippen LogP contribution is -2.34. The van der Waals surface area contributed by atoms with E-state index in [0.29, 0.717) is 11.7 Å². The Morgan fingerprint density at radius 2 is 1.76 bits per heavy atom. The molecule has 0 saturated carbocycles. The van der Waals surface area contributed by atoms with Crippen molar-refractivity contribution in [2.75, 3.05) is 18.0 Å². The molecule has 29 heavy (non-hydrogen) atoms. The maximum absolute atomic E-state index is 4.91. The van der Waals surface area contributed by atoms with E-state index in [-0.39, 0.29) is 0 Å². The number of aromatic nitrogens is 4. The van der Waals surface area contributed by atoms with Gasteiger partial charge in [-0.15, -0.1) is 0 Å². The van der Waals surface area contributed by atoms with Crippen molar-refractivity contribution in [1.29, 1.82) is 0 Å². The zero-order valence-electron chi connectivity index (χ0n) is 16.9. The van der Waals surface area contributed by atoms with Crippen molar-refractivity contribution in [3.05, 3.63) is 71.7 Å². The van der Waals surface area contributed by atoms with E-state index in [1.54, 1.807) is 6.20 Å². The van der Waals surface area contributed by atoms with Crippen LogP contribution in [0.2, 0.25) is 0 Å². The second kappa shape index (κ2) is 7.32. The quantitative estimate of drug-likeness (QED) is 0.540. The fraction of sp³-hybridized carbons (Fsp3) is 0.292. The summed E-state index contributed by atoms with van der Waals surface area (Å²) >= 11 is 0. The summed E-state index contributed by atoms with van der Waals surface area (Å²) in [5, 5.41) is 1.36. The predicted molar refractivity (Wildman–Crippen MR) is 117 cm³/mol. The van der Waals surface area contributed by atoms with Gasteiger partial charge in [-0.3, -0.25) is 4.98 Å². The minimum Gasteiger partial charge on any atom is -0.361 e. The Kier molecular flexibility index (Phi) is 4.51. The molecule has 0 aliphatic carbocycles. The highest BCUT2D eigenvalue weighted by Crippen LogP contribution is 2.35. The molecule has 0 amide bonds. The molecule has 1 aliphatic heterocycles. The molecule has 4 aromatic rings. The summed E-state index contributed by atoms with van der Waals surface area (Å²) in [5.74, 6) is 2.35. The van der Waals surface area contributed by atoms with Gasteiger partial charge in [-0.05, 0) is 56.4 Å². The number of anilines is 1. The van der Waals surface area contributed by atoms with Crippen molar-refractivity contribution in [2.24, 2.45) is 0 Å². The summed E-state index contributed by atoms with van der Waals surface area (Å²) in [5.41, 5.74) is 5.69. The first-order valence-electron chi connectivity index (χ1n) is 10.3. The molecule has 5 nitrogen and oxygen atoms in total. The number of hydrogen-bond donors (Lipinski definition) is 1. The van der Waals surface area contributed by atoms with Gasteiger partial charge in [0, 0.05) is 47.6 Å². The molecule has 5 heteroatoms. The molecule has 146 valence electrons. The summed E-state index contributed by atoms with van der Waals surface area (Å²) in [6.45, 7) is 6.19. The minimum atomic E-state index is 0.584. The van der Waals surface area contributed by atoms with E-state index < -0.39 is 0 Å². The maximum atomic E-state index is 4.91. The van der Waals surface area contributed by atoms with Gasteiger partial charge in [0.2, 0.25) is 0 Å². The third-order valence-corrected chi connectivity index (χ3v) is 6.11. The zero-order chi connectivity index (χ0) is 19.8. The van der Waals surface area contributed by atoms with Gasteiger partial charge in [-0.25, -0.2) is 9.97 Å². The molecule has 0 spiro atoms. The lowest BCUT2D eigenvalue weighted by molar-refractivity contribution is 0.504. The summed E-state index contributed by atoms with van der Waals surface area (Å²) in [4.78, 5) is 19.9. The highest BCUT2D eigenvalue weighted by Gasteiger charge is 2.25. The molecular weight excluding hydrogens is 358 g/mol. The number of nitrogens with one attached hydrogen (secondary N) is 1. The summed E-state index contributed by atoms with van der Waals surface area (Å²) < 4.78 is 0. The lowest BCUT2D eigenvalue weighted by Gasteiger charge is -2.34. The Bertz CT molecular complexity index is 1140. The van der Waals surface area contributed by atoms with Crippen LogP contribution in [0.1, 0.15) is 35.6 Å². The van der Waals surface area contributed by atoms with E-state index in [9.17, 15) is 0 Å². The van der Waals surface area contributed by atoms with E-state index in [1.165, 1.54) is 16.5 Å². The van der Waals surface area contributed by atoms with Crippen LogP contribution in [0.3, 0.4) is 0 Å². The standard InChI is InChI=1S/C24H25N5/c1-16-17(2)27-23(22-9-5-6-12-25-22)28-24(16)29-13-10-18(11-14-29)20-15-26-21-8-4-3-7-19(20)21/h3-9,12,15,18,26H,10-11,13-14H2,1-2H3. The number of pyridine rings is 1. The molecule has 1 N–H and O–H groups in total. The van der Waals surface area contributed by atoms with Crippen LogP contribution in [0.5, 0.6) is 0 Å². The third-order valence-electron chi connectivity index (χ3n) is 6.11. The van der Waals surface area contributed by atoms with Gasteiger partial charge in [0.1, 0.15) is 11.5 Å². The molecule has 1 aliphatic rings. The van der Waals surface area contributed by atoms with Crippen molar-refractivity contribution in [3.63, 3.8) is 0 Å². The lowest BCUT2D eigenvalue weighted by atomic mass is 9.89. The van der Waals surface area contributed by atoms with Crippen LogP contribution in [-0.4, -0.2) is 33.0 Å². The van der Waals surface area contributed by atoms with Gasteiger partial charge in [-0.1, -0.05) is 24.3 Å². The summed E-state index contributed by atoms with van der Waals surface area (Å²) in [7, 11) is 0. The van der Waals surface area contributed by atoms with Gasteiger partial charge in [0.25, 0.3) is 0 Å². The second-order valence-corrected chi connectivity index (χ2v) is 7.85. The number of piperidine rings is 1. The van der Waals surface area contributed by atoms with Crippen LogP contribution in [0.25, 0.3) is 22.4 Å². The molecule has 1 saturated heterocycles. The van der Waals surface area contributed by atoms with Gasteiger partial charge < -0.3 is 9.88 Å². The van der Waals surface area contributed by atoms with Crippen LogP contribution in [0, 0.1) is 13.8 Å². The number of nitrogens with zero attached hydrogens (tertiary/aromatic N) is 4. The molecule has 0 radical (unpaired) electrons. The van der Waals surface area contributed by atoms with E-state index in [4.69, 9.17) is 4.98 Å². The van der Waals surface area contributed by atoms with Crippen molar-refractivity contribution in [2.45, 2.75) is 32.6 Å². The minimum absolute atomic E-state index is 0.584. The molecule has 0 bridgehead atoms. The number of para-hydroxylation sites is 1. The summed E-state index contributed by atoms with van der Waals surface area (Å²) in [6, 6.07) is 14.5. The molecule has 1 aromatic carbocycles. The fourth-order valence-corrected chi connectivity index (χ4v) is 4.37. The Morgan fingerprint density at radius 3 is 2.55 bits per heavy atom. The first kappa shape index (κ1) is 17.9. The van der Waals surface area contributed by atoms with Crippen molar-refractivity contribution >= 4 is 16.7 Å². The Labute approximate surface area is 170 Å². The highest BCUT2D eigenvalue weighted by atomic mass is 15.2. The maximum Gasteiger partial charge on any atom is 0.180 e. The molecule has 1 fully saturated rings. The average molecular weight is 383 g/mol. The molecule has 3 aromatic heterocycles. The zero-order valence-corrected chi connectivity index (χ0v) is 16.9. The van der Waals surface area contributed by atoms with Gasteiger partial charge >= 0.3 is 0 Å². The normalized spacial score (nSPS) is 15.2. The first-order valence-corrected chi connectivity index (χ1v) is 10.3. The largest absolute Gasteiger partial charge is 0.361 e. The molecule has 5 rings (SSSR count). The smallest absolute Gasteiger partial charge is 0.180 e. The van der Waals surface area contributed by atoms with Crippen molar-refractivity contribution in [3.8, 4) is 11.5 Å². The van der Waals surface area contributed by atoms with Crippen molar-refractivity contribution in [1.82, 2.24) is 19.9 Å². The Balaban J connectivity index is 1.40. The van der Waals surface area contributed by atoms with Crippen LogP contribution in [0.4, 0.5) is 5.82 Å². The van der Waals surface area contributed by atoms with E-state index in [1.807, 2.05) is 18.2 Å². The average Bonchev–Trinajstić information content (AvgIpc) is 3.20. The van der Waals surface area contributed by atoms with Gasteiger partial charge in [0.05, 0.1) is 0 Å². The summed E-state index contributed by atoms with van der Waals surface area (Å²) in [6.07, 6.45) is 6.25. The van der Waals surface area contributed by atoms with Crippen LogP contribution in [0.15, 0.2) is 54.9 Å². The van der Waals surface area contributed by atoms with Crippen molar-refractivity contribution < 1.29 is 0 Å². The molecular formula is C24H25N5. The second-order valence-electron chi connectivity index (χ2n) is 7.85. The first-order chi connectivity index (χ1) is 14.2. The number of fused-ring (bicyclic) bond motifs is 1. The Hall–Kier alpha value is -3.21. The van der Waals surface area contributed by atoms with E-state index in [0.717, 1.165) is 48.7 Å². The monoisotopic (exact) mass is 383 g/mol. The third kappa shape index (κ3) is 3.27. The molecule has 0 atom stereocenters. The number of aryl methyl sites for hydroxylation is 1. The molecule has 0 unspecified atom stereocenters. The number of benzene rings is 1. The van der Waals surface area contributed by atoms with E-state index in [2.05, 4.69) is 64.2 Å². The number of H-pyrrole nitrogens is 1. The molecule has 4 heterocycles. The topological polar surface area (TPSA) is 57.7 Å². The Morgan fingerprint density at radius 1 is 0.966 bits per heavy atom.